The molecule has 0 atom stereocenters. The first-order valence-electron chi connectivity index (χ1n) is 10.2. The van der Waals surface area contributed by atoms with Gasteiger partial charge in [0.25, 0.3) is 5.91 Å². The fraction of sp³-hybridized carbons (Fsp3) is 0.318. The molecule has 0 spiro atoms. The fourth-order valence-corrected chi connectivity index (χ4v) is 4.89. The molecule has 1 heterocycles. The van der Waals surface area contributed by atoms with Gasteiger partial charge in [-0.15, -0.1) is 0 Å². The molecule has 3 aromatic rings. The molecule has 1 fully saturated rings. The molecule has 1 aliphatic carbocycles. The molecule has 2 aromatic carbocycles. The molecule has 0 bridgehead atoms. The van der Waals surface area contributed by atoms with E-state index in [4.69, 9.17) is 11.6 Å². The Morgan fingerprint density at radius 2 is 1.97 bits per heavy atom. The lowest BCUT2D eigenvalue weighted by molar-refractivity contribution is -0.107. The van der Waals surface area contributed by atoms with Gasteiger partial charge in [0.15, 0.2) is 0 Å². The van der Waals surface area contributed by atoms with E-state index in [-0.39, 0.29) is 24.8 Å². The Labute approximate surface area is 191 Å². The normalized spacial score (nSPS) is 13.8. The van der Waals surface area contributed by atoms with E-state index in [1.54, 1.807) is 37.4 Å². The molecule has 8 nitrogen and oxygen atoms in total. The summed E-state index contributed by atoms with van der Waals surface area (Å²) in [6, 6.07) is 10.5. The third-order valence-electron chi connectivity index (χ3n) is 5.47. The molecular weight excluding hydrogens is 452 g/mol. The van der Waals surface area contributed by atoms with Gasteiger partial charge in [-0.25, -0.2) is 13.1 Å². The maximum Gasteiger partial charge on any atom is 0.270 e. The number of carbonyl (C=O) groups excluding carboxylic acids is 2. The molecule has 1 aliphatic rings. The van der Waals surface area contributed by atoms with Crippen LogP contribution in [0.3, 0.4) is 0 Å². The lowest BCUT2D eigenvalue weighted by Gasteiger charge is -2.24. The molecule has 1 aromatic heterocycles. The molecule has 0 radical (unpaired) electrons. The van der Waals surface area contributed by atoms with E-state index >= 15 is 0 Å². The van der Waals surface area contributed by atoms with E-state index in [0.29, 0.717) is 39.3 Å². The van der Waals surface area contributed by atoms with Gasteiger partial charge in [-0.3, -0.25) is 9.10 Å². The van der Waals surface area contributed by atoms with Crippen molar-refractivity contribution in [1.82, 2.24) is 15.1 Å². The number of nitrogens with one attached hydrogen (secondary N) is 1. The average Bonchev–Trinajstić information content (AvgIpc) is 3.53. The summed E-state index contributed by atoms with van der Waals surface area (Å²) in [7, 11) is -2.07. The van der Waals surface area contributed by atoms with Crippen LogP contribution < -0.4 is 9.62 Å². The highest BCUT2D eigenvalue weighted by Crippen LogP contribution is 2.46. The molecule has 32 heavy (non-hydrogen) atoms. The van der Waals surface area contributed by atoms with E-state index in [9.17, 15) is 18.0 Å². The Bertz CT molecular complexity index is 1300. The molecular formula is C22H23ClN4O4S. The summed E-state index contributed by atoms with van der Waals surface area (Å²) in [5.74, 6) is -0.107. The van der Waals surface area contributed by atoms with Crippen LogP contribution in [0.15, 0.2) is 36.4 Å². The lowest BCUT2D eigenvalue weighted by Crippen LogP contribution is -2.32. The molecule has 0 unspecified atom stereocenters. The van der Waals surface area contributed by atoms with E-state index in [2.05, 4.69) is 10.4 Å². The smallest absolute Gasteiger partial charge is 0.270 e. The largest absolute Gasteiger partial charge is 0.354 e. The topological polar surface area (TPSA) is 101 Å². The minimum absolute atomic E-state index is 0.0494. The molecule has 1 N–H and O–H groups in total. The standard InChI is InChI=1S/C22H23ClN4O4S/c1-24-22(29)21-18-12-17(14-4-5-14)20(26(10-3-11-28)32(2,30)31)13-19(18)25-27(21)16-8-6-15(23)7-9-16/h6-9,11-14H,3-5,10H2,1-2H3,(H,24,29). The first kappa shape index (κ1) is 22.3. The molecule has 0 aliphatic heterocycles. The second-order valence-corrected chi connectivity index (χ2v) is 10.2. The van der Waals surface area contributed by atoms with Crippen LogP contribution in [0.1, 0.15) is 41.2 Å². The predicted molar refractivity (Wildman–Crippen MR) is 124 cm³/mol. The number of fused-ring (bicyclic) bond motifs is 1. The Balaban J connectivity index is 1.98. The van der Waals surface area contributed by atoms with Crippen LogP contribution in [-0.4, -0.2) is 50.2 Å². The lowest BCUT2D eigenvalue weighted by atomic mass is 10.0. The van der Waals surface area contributed by atoms with Crippen LogP contribution in [0.4, 0.5) is 5.69 Å². The SMILES string of the molecule is CNC(=O)c1c2cc(C3CC3)c(N(CCC=O)S(C)(=O)=O)cc2nn1-c1ccc(Cl)cc1. The highest BCUT2D eigenvalue weighted by atomic mass is 35.5. The highest BCUT2D eigenvalue weighted by molar-refractivity contribution is 7.92. The number of hydrogen-bond donors (Lipinski definition) is 1. The van der Waals surface area contributed by atoms with E-state index in [1.165, 1.54) is 8.99 Å². The minimum atomic E-state index is -3.62. The number of hydrogen-bond acceptors (Lipinski definition) is 5. The third kappa shape index (κ3) is 4.22. The number of sulfonamides is 1. The van der Waals surface area contributed by atoms with Crippen molar-refractivity contribution in [2.24, 2.45) is 0 Å². The van der Waals surface area contributed by atoms with Crippen molar-refractivity contribution in [2.45, 2.75) is 25.2 Å². The van der Waals surface area contributed by atoms with Gasteiger partial charge in [0.2, 0.25) is 10.0 Å². The van der Waals surface area contributed by atoms with E-state index in [1.807, 2.05) is 6.07 Å². The average molecular weight is 475 g/mol. The molecule has 0 saturated heterocycles. The Kier molecular flexibility index (Phi) is 5.96. The van der Waals surface area contributed by atoms with Crippen molar-refractivity contribution in [1.29, 1.82) is 0 Å². The van der Waals surface area contributed by atoms with Gasteiger partial charge in [-0.05, 0) is 60.7 Å². The monoisotopic (exact) mass is 474 g/mol. The van der Waals surface area contributed by atoms with E-state index in [0.717, 1.165) is 24.7 Å². The van der Waals surface area contributed by atoms with Crippen LogP contribution in [0.5, 0.6) is 0 Å². The second-order valence-electron chi connectivity index (χ2n) is 7.81. The first-order chi connectivity index (χ1) is 15.2. The maximum atomic E-state index is 12.8. The molecule has 168 valence electrons. The first-order valence-corrected chi connectivity index (χ1v) is 12.4. The van der Waals surface area contributed by atoms with Crippen LogP contribution in [-0.2, 0) is 14.8 Å². The summed E-state index contributed by atoms with van der Waals surface area (Å²) >= 11 is 6.01. The number of amides is 1. The van der Waals surface area contributed by atoms with Crippen LogP contribution in [0.2, 0.25) is 5.02 Å². The number of nitrogens with zero attached hydrogens (tertiary/aromatic N) is 3. The van der Waals surface area contributed by atoms with Crippen LogP contribution in [0, 0.1) is 0 Å². The van der Waals surface area contributed by atoms with Crippen LogP contribution >= 0.6 is 11.6 Å². The highest BCUT2D eigenvalue weighted by Gasteiger charge is 2.32. The van der Waals surface area contributed by atoms with Gasteiger partial charge in [-0.2, -0.15) is 5.10 Å². The zero-order valence-electron chi connectivity index (χ0n) is 17.7. The Morgan fingerprint density at radius 3 is 2.53 bits per heavy atom. The quantitative estimate of drug-likeness (QED) is 0.505. The molecule has 4 rings (SSSR count). The molecule has 1 saturated carbocycles. The van der Waals surface area contributed by atoms with Gasteiger partial charge < -0.3 is 10.1 Å². The maximum absolute atomic E-state index is 12.8. The second kappa shape index (κ2) is 8.55. The summed E-state index contributed by atoms with van der Waals surface area (Å²) in [5, 5.41) is 8.49. The van der Waals surface area contributed by atoms with Gasteiger partial charge >= 0.3 is 0 Å². The van der Waals surface area contributed by atoms with Crippen molar-refractivity contribution in [3.05, 3.63) is 52.7 Å². The fourth-order valence-electron chi connectivity index (χ4n) is 3.82. The van der Waals surface area contributed by atoms with Gasteiger partial charge in [0.1, 0.15) is 12.0 Å². The number of benzene rings is 2. The Morgan fingerprint density at radius 1 is 1.28 bits per heavy atom. The van der Waals surface area contributed by atoms with Gasteiger partial charge in [0, 0.05) is 30.4 Å². The van der Waals surface area contributed by atoms with Gasteiger partial charge in [0.05, 0.1) is 23.1 Å². The summed E-state index contributed by atoms with van der Waals surface area (Å²) < 4.78 is 27.9. The minimum Gasteiger partial charge on any atom is -0.354 e. The summed E-state index contributed by atoms with van der Waals surface area (Å²) in [6.45, 7) is 0.0494. The number of carbonyl (C=O) groups is 2. The van der Waals surface area contributed by atoms with Gasteiger partial charge in [-0.1, -0.05) is 11.6 Å². The summed E-state index contributed by atoms with van der Waals surface area (Å²) in [6.07, 6.45) is 3.78. The summed E-state index contributed by atoms with van der Waals surface area (Å²) in [4.78, 5) is 23.8. The predicted octanol–water partition coefficient (Wildman–Crippen LogP) is 3.27. The molecule has 1 amide bonds. The zero-order chi connectivity index (χ0) is 23.0. The van der Waals surface area contributed by atoms with E-state index < -0.39 is 10.0 Å². The number of halogens is 1. The summed E-state index contributed by atoms with van der Waals surface area (Å²) in [5.41, 5.74) is 2.85. The third-order valence-corrected chi connectivity index (χ3v) is 6.90. The molecule has 10 heteroatoms. The number of rotatable bonds is 8. The zero-order valence-corrected chi connectivity index (χ0v) is 19.3. The Hall–Kier alpha value is -2.91. The number of anilines is 1. The van der Waals surface area contributed by atoms with Crippen molar-refractivity contribution < 1.29 is 18.0 Å². The number of aldehydes is 1. The van der Waals surface area contributed by atoms with Crippen molar-refractivity contribution in [2.75, 3.05) is 24.2 Å². The number of aromatic nitrogens is 2. The van der Waals surface area contributed by atoms with Crippen molar-refractivity contribution in [3.8, 4) is 5.69 Å². The van der Waals surface area contributed by atoms with Crippen molar-refractivity contribution in [3.63, 3.8) is 0 Å². The van der Waals surface area contributed by atoms with Crippen molar-refractivity contribution >= 4 is 50.4 Å². The van der Waals surface area contributed by atoms with Crippen LogP contribution in [0.25, 0.3) is 16.6 Å².